The van der Waals surface area contributed by atoms with Crippen LogP contribution >= 0.6 is 0 Å². The van der Waals surface area contributed by atoms with Crippen LogP contribution in [0.2, 0.25) is 0 Å². The van der Waals surface area contributed by atoms with E-state index >= 15 is 0 Å². The maximum Gasteiger partial charge on any atom is 0.253 e. The Kier molecular flexibility index (Phi) is 6.03. The van der Waals surface area contributed by atoms with Gasteiger partial charge >= 0.3 is 0 Å². The number of nitrogens with one attached hydrogen (secondary N) is 1. The Morgan fingerprint density at radius 1 is 1.24 bits per heavy atom. The van der Waals surface area contributed by atoms with Gasteiger partial charge in [-0.05, 0) is 38.2 Å². The van der Waals surface area contributed by atoms with Crippen LogP contribution in [0.5, 0.6) is 0 Å². The molecule has 1 rings (SSSR count). The number of nitrogens with two attached hydrogens (primary N) is 1. The average molecular weight is 292 g/mol. The molecule has 0 saturated carbocycles. The second-order valence-corrected chi connectivity index (χ2v) is 6.26. The number of hydrogen-bond acceptors (Lipinski definition) is 4. The van der Waals surface area contributed by atoms with Crippen LogP contribution in [0.4, 0.5) is 11.4 Å². The van der Waals surface area contributed by atoms with Crippen molar-refractivity contribution in [3.8, 4) is 0 Å². The quantitative estimate of drug-likeness (QED) is 0.783. The average Bonchev–Trinajstić information content (AvgIpc) is 2.36. The summed E-state index contributed by atoms with van der Waals surface area (Å²) in [5, 5.41) is 3.12. The van der Waals surface area contributed by atoms with Gasteiger partial charge in [-0.2, -0.15) is 0 Å². The summed E-state index contributed by atoms with van der Waals surface area (Å²) in [6, 6.07) is 5.52. The van der Waals surface area contributed by atoms with Gasteiger partial charge < -0.3 is 20.9 Å². The van der Waals surface area contributed by atoms with Crippen LogP contribution in [0.15, 0.2) is 18.2 Å². The van der Waals surface area contributed by atoms with Crippen molar-refractivity contribution >= 4 is 17.3 Å². The van der Waals surface area contributed by atoms with E-state index in [1.54, 1.807) is 6.07 Å². The predicted octanol–water partition coefficient (Wildman–Crippen LogP) is 1.65. The zero-order valence-electron chi connectivity index (χ0n) is 14.0. The summed E-state index contributed by atoms with van der Waals surface area (Å²) in [5.74, 6) is 0.284. The van der Waals surface area contributed by atoms with E-state index in [1.807, 2.05) is 45.2 Å². The molecule has 0 fully saturated rings. The molecule has 0 aromatic heterocycles. The molecular formula is C16H28N4O. The standard InChI is InChI=1S/C16H28N4O/c1-11(2)14(10-19(3)4)18-16(21)13-9-12(17)7-8-15(13)20(5)6/h7-9,11,14H,10,17H2,1-6H3,(H,18,21). The van der Waals surface area contributed by atoms with E-state index in [4.69, 9.17) is 5.73 Å². The second kappa shape index (κ2) is 7.31. The third-order valence-corrected chi connectivity index (χ3v) is 3.43. The van der Waals surface area contributed by atoms with Crippen molar-refractivity contribution in [3.05, 3.63) is 23.8 Å². The summed E-state index contributed by atoms with van der Waals surface area (Å²) >= 11 is 0. The third kappa shape index (κ3) is 4.93. The zero-order valence-corrected chi connectivity index (χ0v) is 14.0. The van der Waals surface area contributed by atoms with E-state index in [0.717, 1.165) is 12.2 Å². The molecule has 1 atom stereocenters. The van der Waals surface area contributed by atoms with E-state index in [1.165, 1.54) is 0 Å². The van der Waals surface area contributed by atoms with Gasteiger partial charge in [-0.25, -0.2) is 0 Å². The zero-order chi connectivity index (χ0) is 16.2. The van der Waals surface area contributed by atoms with Gasteiger partial charge in [0.05, 0.1) is 5.56 Å². The van der Waals surface area contributed by atoms with Crippen molar-refractivity contribution in [2.75, 3.05) is 45.4 Å². The fraction of sp³-hybridized carbons (Fsp3) is 0.562. The first-order valence-corrected chi connectivity index (χ1v) is 7.24. The molecule has 1 unspecified atom stereocenters. The van der Waals surface area contributed by atoms with E-state index in [9.17, 15) is 4.79 Å². The molecular weight excluding hydrogens is 264 g/mol. The summed E-state index contributed by atoms with van der Waals surface area (Å²) in [4.78, 5) is 16.6. The molecule has 21 heavy (non-hydrogen) atoms. The Bertz CT molecular complexity index is 483. The van der Waals surface area contributed by atoms with Gasteiger partial charge in [0.1, 0.15) is 0 Å². The van der Waals surface area contributed by atoms with Crippen molar-refractivity contribution in [1.82, 2.24) is 10.2 Å². The molecule has 5 nitrogen and oxygen atoms in total. The summed E-state index contributed by atoms with van der Waals surface area (Å²) in [5.41, 5.74) is 7.91. The van der Waals surface area contributed by atoms with Crippen LogP contribution in [0, 0.1) is 5.92 Å². The summed E-state index contributed by atoms with van der Waals surface area (Å²) < 4.78 is 0. The van der Waals surface area contributed by atoms with Gasteiger partial charge in [0.2, 0.25) is 0 Å². The second-order valence-electron chi connectivity index (χ2n) is 6.26. The van der Waals surface area contributed by atoms with E-state index in [0.29, 0.717) is 17.2 Å². The summed E-state index contributed by atoms with van der Waals surface area (Å²) in [6.45, 7) is 5.03. The molecule has 0 bridgehead atoms. The highest BCUT2D eigenvalue weighted by atomic mass is 16.1. The Morgan fingerprint density at radius 2 is 1.86 bits per heavy atom. The number of rotatable bonds is 6. The number of hydrogen-bond donors (Lipinski definition) is 2. The molecule has 5 heteroatoms. The lowest BCUT2D eigenvalue weighted by atomic mass is 10.0. The minimum atomic E-state index is -0.0773. The minimum absolute atomic E-state index is 0.0773. The van der Waals surface area contributed by atoms with Crippen molar-refractivity contribution in [1.29, 1.82) is 0 Å². The number of nitrogens with zero attached hydrogens (tertiary/aromatic N) is 2. The van der Waals surface area contributed by atoms with Crippen molar-refractivity contribution < 1.29 is 4.79 Å². The lowest BCUT2D eigenvalue weighted by molar-refractivity contribution is 0.0917. The van der Waals surface area contributed by atoms with Gasteiger partial charge in [-0.15, -0.1) is 0 Å². The van der Waals surface area contributed by atoms with Crippen LogP contribution in [0.25, 0.3) is 0 Å². The molecule has 0 saturated heterocycles. The highest BCUT2D eigenvalue weighted by Crippen LogP contribution is 2.21. The van der Waals surface area contributed by atoms with Gasteiger partial charge in [0, 0.05) is 38.1 Å². The Hall–Kier alpha value is -1.75. The normalized spacial score (nSPS) is 12.6. The first-order chi connectivity index (χ1) is 9.72. The molecule has 1 aromatic carbocycles. The fourth-order valence-corrected chi connectivity index (χ4v) is 2.19. The number of nitrogen functional groups attached to an aromatic ring is 1. The number of anilines is 2. The molecule has 0 heterocycles. The van der Waals surface area contributed by atoms with Gasteiger partial charge in [0.15, 0.2) is 0 Å². The molecule has 3 N–H and O–H groups in total. The smallest absolute Gasteiger partial charge is 0.253 e. The lowest BCUT2D eigenvalue weighted by Gasteiger charge is -2.26. The van der Waals surface area contributed by atoms with Gasteiger partial charge in [-0.1, -0.05) is 13.8 Å². The molecule has 0 aliphatic rings. The van der Waals surface area contributed by atoms with Crippen molar-refractivity contribution in [2.24, 2.45) is 5.92 Å². The van der Waals surface area contributed by atoms with E-state index in [-0.39, 0.29) is 11.9 Å². The first kappa shape index (κ1) is 17.3. The third-order valence-electron chi connectivity index (χ3n) is 3.43. The van der Waals surface area contributed by atoms with Crippen molar-refractivity contribution in [3.63, 3.8) is 0 Å². The van der Waals surface area contributed by atoms with Gasteiger partial charge in [0.25, 0.3) is 5.91 Å². The van der Waals surface area contributed by atoms with Crippen LogP contribution < -0.4 is 16.0 Å². The highest BCUT2D eigenvalue weighted by Gasteiger charge is 2.20. The molecule has 0 aliphatic heterocycles. The Balaban J connectivity index is 2.99. The van der Waals surface area contributed by atoms with Crippen LogP contribution in [-0.2, 0) is 0 Å². The van der Waals surface area contributed by atoms with E-state index in [2.05, 4.69) is 24.1 Å². The van der Waals surface area contributed by atoms with Crippen LogP contribution in [0.3, 0.4) is 0 Å². The Morgan fingerprint density at radius 3 is 2.33 bits per heavy atom. The topological polar surface area (TPSA) is 61.6 Å². The molecule has 0 aliphatic carbocycles. The number of carbonyl (C=O) groups is 1. The highest BCUT2D eigenvalue weighted by molar-refractivity contribution is 6.00. The maximum atomic E-state index is 12.6. The van der Waals surface area contributed by atoms with E-state index < -0.39 is 0 Å². The number of carbonyl (C=O) groups excluding carboxylic acids is 1. The summed E-state index contributed by atoms with van der Waals surface area (Å²) in [6.07, 6.45) is 0. The SMILES string of the molecule is CC(C)C(CN(C)C)NC(=O)c1cc(N)ccc1N(C)C. The summed E-state index contributed by atoms with van der Waals surface area (Å²) in [7, 11) is 7.85. The largest absolute Gasteiger partial charge is 0.399 e. The lowest BCUT2D eigenvalue weighted by Crippen LogP contribution is -2.45. The van der Waals surface area contributed by atoms with Crippen molar-refractivity contribution in [2.45, 2.75) is 19.9 Å². The first-order valence-electron chi connectivity index (χ1n) is 7.24. The number of amides is 1. The molecule has 0 radical (unpaired) electrons. The molecule has 1 aromatic rings. The maximum absolute atomic E-state index is 12.6. The molecule has 118 valence electrons. The number of benzene rings is 1. The van der Waals surface area contributed by atoms with Crippen LogP contribution in [-0.4, -0.2) is 51.6 Å². The number of likely N-dealkylation sites (N-methyl/N-ethyl adjacent to an activating group) is 1. The van der Waals surface area contributed by atoms with Gasteiger partial charge in [-0.3, -0.25) is 4.79 Å². The monoisotopic (exact) mass is 292 g/mol. The fourth-order valence-electron chi connectivity index (χ4n) is 2.19. The Labute approximate surface area is 128 Å². The molecule has 1 amide bonds. The minimum Gasteiger partial charge on any atom is -0.399 e. The van der Waals surface area contributed by atoms with Crippen LogP contribution in [0.1, 0.15) is 24.2 Å². The predicted molar refractivity (Wildman–Crippen MR) is 89.8 cm³/mol. The molecule has 0 spiro atoms.